The third-order valence-electron chi connectivity index (χ3n) is 5.45. The summed E-state index contributed by atoms with van der Waals surface area (Å²) in [5, 5.41) is 2.97. The highest BCUT2D eigenvalue weighted by atomic mass is 16.2. The lowest BCUT2D eigenvalue weighted by Gasteiger charge is -2.29. The van der Waals surface area contributed by atoms with E-state index in [1.54, 1.807) is 4.90 Å². The van der Waals surface area contributed by atoms with Crippen molar-refractivity contribution in [3.63, 3.8) is 0 Å². The predicted molar refractivity (Wildman–Crippen MR) is 119 cm³/mol. The van der Waals surface area contributed by atoms with Gasteiger partial charge in [-0.3, -0.25) is 9.59 Å². The largest absolute Gasteiger partial charge is 0.354 e. The van der Waals surface area contributed by atoms with Gasteiger partial charge in [0.2, 0.25) is 11.8 Å². The maximum absolute atomic E-state index is 13.3. The Kier molecular flexibility index (Phi) is 8.44. The molecule has 0 spiro atoms. The van der Waals surface area contributed by atoms with E-state index in [0.29, 0.717) is 19.5 Å². The molecule has 0 aromatic heterocycles. The lowest BCUT2D eigenvalue weighted by atomic mass is 10.0. The Morgan fingerprint density at radius 3 is 2.38 bits per heavy atom. The van der Waals surface area contributed by atoms with E-state index in [2.05, 4.69) is 24.4 Å². The van der Waals surface area contributed by atoms with Gasteiger partial charge < -0.3 is 10.2 Å². The minimum absolute atomic E-state index is 0.0277. The molecule has 2 amide bonds. The van der Waals surface area contributed by atoms with Crippen LogP contribution >= 0.6 is 0 Å². The Labute approximate surface area is 175 Å². The fourth-order valence-electron chi connectivity index (χ4n) is 3.34. The number of hydrogen-bond donors (Lipinski definition) is 1. The molecule has 0 saturated carbocycles. The van der Waals surface area contributed by atoms with E-state index in [4.69, 9.17) is 0 Å². The first-order valence-electron chi connectivity index (χ1n) is 10.5. The number of carbonyl (C=O) groups is 2. The van der Waals surface area contributed by atoms with Crippen LogP contribution in [0.2, 0.25) is 0 Å². The van der Waals surface area contributed by atoms with Crippen molar-refractivity contribution in [1.82, 2.24) is 10.2 Å². The standard InChI is InChI=1S/C25H34N2O2/c1-6-7-14-26-25(29)21(5)27(17-22-11-9-8-10-19(22)3)24(28)16-23-15-18(2)12-13-20(23)4/h8-13,15,21H,6-7,14,16-17H2,1-5H3,(H,26,29)/t21-/m0/s1. The van der Waals surface area contributed by atoms with Crippen LogP contribution in [0.4, 0.5) is 0 Å². The van der Waals surface area contributed by atoms with E-state index >= 15 is 0 Å². The molecule has 0 fully saturated rings. The molecule has 4 heteroatoms. The van der Waals surface area contributed by atoms with Gasteiger partial charge in [-0.2, -0.15) is 0 Å². The summed E-state index contributed by atoms with van der Waals surface area (Å²) in [6, 6.07) is 13.7. The van der Waals surface area contributed by atoms with Crippen LogP contribution in [-0.2, 0) is 22.6 Å². The molecule has 0 unspecified atom stereocenters. The summed E-state index contributed by atoms with van der Waals surface area (Å²) < 4.78 is 0. The molecule has 156 valence electrons. The molecule has 2 rings (SSSR count). The lowest BCUT2D eigenvalue weighted by molar-refractivity contribution is -0.140. The van der Waals surface area contributed by atoms with Gasteiger partial charge in [0.25, 0.3) is 0 Å². The molecule has 0 radical (unpaired) electrons. The number of amides is 2. The third-order valence-corrected chi connectivity index (χ3v) is 5.45. The summed E-state index contributed by atoms with van der Waals surface area (Å²) in [5.74, 6) is -0.124. The van der Waals surface area contributed by atoms with Crippen LogP contribution in [-0.4, -0.2) is 29.3 Å². The minimum Gasteiger partial charge on any atom is -0.354 e. The van der Waals surface area contributed by atoms with Crippen molar-refractivity contribution in [1.29, 1.82) is 0 Å². The molecule has 4 nitrogen and oxygen atoms in total. The normalized spacial score (nSPS) is 11.8. The Bertz CT molecular complexity index is 844. The van der Waals surface area contributed by atoms with Crippen LogP contribution < -0.4 is 5.32 Å². The van der Waals surface area contributed by atoms with Crippen LogP contribution in [0.15, 0.2) is 42.5 Å². The van der Waals surface area contributed by atoms with Gasteiger partial charge in [0.15, 0.2) is 0 Å². The van der Waals surface area contributed by atoms with Gasteiger partial charge in [0.05, 0.1) is 6.42 Å². The van der Waals surface area contributed by atoms with E-state index in [0.717, 1.165) is 40.7 Å². The van der Waals surface area contributed by atoms with E-state index in [-0.39, 0.29) is 11.8 Å². The third kappa shape index (κ3) is 6.45. The van der Waals surface area contributed by atoms with Crippen LogP contribution in [0.1, 0.15) is 54.5 Å². The van der Waals surface area contributed by atoms with Crippen molar-refractivity contribution < 1.29 is 9.59 Å². The van der Waals surface area contributed by atoms with Crippen LogP contribution in [0.25, 0.3) is 0 Å². The van der Waals surface area contributed by atoms with Gasteiger partial charge in [-0.1, -0.05) is 61.4 Å². The number of carbonyl (C=O) groups excluding carboxylic acids is 2. The highest BCUT2D eigenvalue weighted by molar-refractivity contribution is 5.88. The predicted octanol–water partition coefficient (Wildman–Crippen LogP) is 4.49. The molecule has 29 heavy (non-hydrogen) atoms. The Balaban J connectivity index is 2.25. The van der Waals surface area contributed by atoms with Gasteiger partial charge in [-0.25, -0.2) is 0 Å². The molecule has 0 saturated heterocycles. The van der Waals surface area contributed by atoms with Gasteiger partial charge in [-0.15, -0.1) is 0 Å². The molecule has 0 aliphatic carbocycles. The van der Waals surface area contributed by atoms with E-state index in [9.17, 15) is 9.59 Å². The second-order valence-electron chi connectivity index (χ2n) is 7.88. The van der Waals surface area contributed by atoms with E-state index in [1.807, 2.05) is 58.0 Å². The van der Waals surface area contributed by atoms with Crippen LogP contribution in [0.3, 0.4) is 0 Å². The highest BCUT2D eigenvalue weighted by Crippen LogP contribution is 2.17. The molecule has 2 aromatic rings. The van der Waals surface area contributed by atoms with Gasteiger partial charge in [-0.05, 0) is 56.4 Å². The van der Waals surface area contributed by atoms with Crippen LogP contribution in [0.5, 0.6) is 0 Å². The number of hydrogen-bond acceptors (Lipinski definition) is 2. The quantitative estimate of drug-likeness (QED) is 0.637. The summed E-state index contributed by atoms with van der Waals surface area (Å²) in [4.78, 5) is 27.7. The molecule has 0 heterocycles. The summed E-state index contributed by atoms with van der Waals surface area (Å²) in [7, 11) is 0. The SMILES string of the molecule is CCCCNC(=O)[C@H](C)N(Cc1ccccc1C)C(=O)Cc1cc(C)ccc1C. The summed E-state index contributed by atoms with van der Waals surface area (Å²) in [6.07, 6.45) is 2.26. The van der Waals surface area contributed by atoms with Gasteiger partial charge in [0.1, 0.15) is 6.04 Å². The van der Waals surface area contributed by atoms with Crippen molar-refractivity contribution in [2.24, 2.45) is 0 Å². The Hall–Kier alpha value is -2.62. The number of aryl methyl sites for hydroxylation is 3. The summed E-state index contributed by atoms with van der Waals surface area (Å²) in [6.45, 7) is 11.1. The molecule has 2 aromatic carbocycles. The monoisotopic (exact) mass is 394 g/mol. The second kappa shape index (κ2) is 10.8. The average Bonchev–Trinajstić information content (AvgIpc) is 2.69. The summed E-state index contributed by atoms with van der Waals surface area (Å²) >= 11 is 0. The first kappa shape index (κ1) is 22.7. The first-order valence-corrected chi connectivity index (χ1v) is 10.5. The van der Waals surface area contributed by atoms with Gasteiger partial charge in [0, 0.05) is 13.1 Å². The smallest absolute Gasteiger partial charge is 0.242 e. The fourth-order valence-corrected chi connectivity index (χ4v) is 3.34. The minimum atomic E-state index is -0.524. The summed E-state index contributed by atoms with van der Waals surface area (Å²) in [5.41, 5.74) is 5.43. The highest BCUT2D eigenvalue weighted by Gasteiger charge is 2.26. The van der Waals surface area contributed by atoms with Crippen molar-refractivity contribution in [3.8, 4) is 0 Å². The van der Waals surface area contributed by atoms with E-state index in [1.165, 1.54) is 0 Å². The molecule has 0 aliphatic rings. The second-order valence-corrected chi connectivity index (χ2v) is 7.88. The number of rotatable bonds is 9. The molecule has 0 bridgehead atoms. The zero-order chi connectivity index (χ0) is 21.4. The molecule has 1 atom stereocenters. The topological polar surface area (TPSA) is 49.4 Å². The molecule has 0 aliphatic heterocycles. The number of nitrogens with one attached hydrogen (secondary N) is 1. The Morgan fingerprint density at radius 2 is 1.69 bits per heavy atom. The Morgan fingerprint density at radius 1 is 1.00 bits per heavy atom. The number of unbranched alkanes of at least 4 members (excludes halogenated alkanes) is 1. The van der Waals surface area contributed by atoms with Crippen molar-refractivity contribution >= 4 is 11.8 Å². The zero-order valence-electron chi connectivity index (χ0n) is 18.4. The molecular weight excluding hydrogens is 360 g/mol. The average molecular weight is 395 g/mol. The lowest BCUT2D eigenvalue weighted by Crippen LogP contribution is -2.48. The van der Waals surface area contributed by atoms with Crippen molar-refractivity contribution in [2.75, 3.05) is 6.54 Å². The number of nitrogens with zero attached hydrogens (tertiary/aromatic N) is 1. The molecular formula is C25H34N2O2. The van der Waals surface area contributed by atoms with Crippen molar-refractivity contribution in [2.45, 2.75) is 66.5 Å². The maximum atomic E-state index is 13.3. The molecule has 1 N–H and O–H groups in total. The maximum Gasteiger partial charge on any atom is 0.242 e. The zero-order valence-corrected chi connectivity index (χ0v) is 18.4. The van der Waals surface area contributed by atoms with E-state index < -0.39 is 6.04 Å². The first-order chi connectivity index (χ1) is 13.8. The van der Waals surface area contributed by atoms with Gasteiger partial charge >= 0.3 is 0 Å². The fraction of sp³-hybridized carbons (Fsp3) is 0.440. The van der Waals surface area contributed by atoms with Crippen molar-refractivity contribution in [3.05, 3.63) is 70.3 Å². The van der Waals surface area contributed by atoms with Crippen LogP contribution in [0, 0.1) is 20.8 Å². The number of benzene rings is 2.